The molecule has 0 aliphatic heterocycles. The van der Waals surface area contributed by atoms with E-state index in [0.29, 0.717) is 18.1 Å². The van der Waals surface area contributed by atoms with E-state index in [9.17, 15) is 8.78 Å². The quantitative estimate of drug-likeness (QED) is 0.787. The number of halogens is 2. The van der Waals surface area contributed by atoms with Gasteiger partial charge >= 0.3 is 0 Å². The molecule has 0 bridgehead atoms. The molecule has 0 spiro atoms. The number of pyridine rings is 1. The summed E-state index contributed by atoms with van der Waals surface area (Å²) in [6.45, 7) is 0.327. The van der Waals surface area contributed by atoms with Crippen LogP contribution in [0.15, 0.2) is 42.6 Å². The van der Waals surface area contributed by atoms with Crippen LogP contribution >= 0.6 is 0 Å². The Balaban J connectivity index is 1.76. The third-order valence-electron chi connectivity index (χ3n) is 2.68. The molecule has 0 radical (unpaired) electrons. The minimum absolute atomic E-state index is 0.327. The van der Waals surface area contributed by atoms with Crippen LogP contribution in [-0.2, 0) is 6.54 Å². The zero-order valence-electron chi connectivity index (χ0n) is 9.85. The Bertz CT molecular complexity index is 690. The van der Waals surface area contributed by atoms with Gasteiger partial charge in [0.1, 0.15) is 0 Å². The van der Waals surface area contributed by atoms with Crippen molar-refractivity contribution in [1.82, 2.24) is 14.6 Å². The van der Waals surface area contributed by atoms with Crippen LogP contribution in [0.4, 0.5) is 14.7 Å². The molecule has 0 aliphatic carbocycles. The zero-order valence-corrected chi connectivity index (χ0v) is 9.85. The first kappa shape index (κ1) is 11.6. The SMILES string of the molecule is Fc1ccc(CNc2nc3ccccn3n2)cc1F. The molecular formula is C13H10F2N4. The molecule has 0 fully saturated rings. The maximum atomic E-state index is 13.0. The lowest BCUT2D eigenvalue weighted by Crippen LogP contribution is -2.02. The van der Waals surface area contributed by atoms with Crippen LogP contribution in [0.1, 0.15) is 5.56 Å². The van der Waals surface area contributed by atoms with Crippen LogP contribution in [0.5, 0.6) is 0 Å². The van der Waals surface area contributed by atoms with Crippen molar-refractivity contribution in [3.05, 3.63) is 59.8 Å². The number of hydrogen-bond donors (Lipinski definition) is 1. The van der Waals surface area contributed by atoms with Crippen LogP contribution in [-0.4, -0.2) is 14.6 Å². The van der Waals surface area contributed by atoms with Crippen molar-refractivity contribution >= 4 is 11.6 Å². The van der Waals surface area contributed by atoms with E-state index < -0.39 is 11.6 Å². The van der Waals surface area contributed by atoms with Crippen molar-refractivity contribution in [2.45, 2.75) is 6.54 Å². The molecule has 2 aromatic heterocycles. The summed E-state index contributed by atoms with van der Waals surface area (Å²) in [5.41, 5.74) is 1.34. The van der Waals surface area contributed by atoms with Gasteiger partial charge in [0.25, 0.3) is 0 Å². The van der Waals surface area contributed by atoms with Crippen LogP contribution in [0.2, 0.25) is 0 Å². The average Bonchev–Trinajstić information content (AvgIpc) is 2.83. The molecule has 3 aromatic rings. The molecule has 0 saturated carbocycles. The number of fused-ring (bicyclic) bond motifs is 1. The lowest BCUT2D eigenvalue weighted by molar-refractivity contribution is 0.507. The molecule has 1 N–H and O–H groups in total. The molecule has 3 rings (SSSR count). The van der Waals surface area contributed by atoms with E-state index in [1.807, 2.05) is 18.2 Å². The van der Waals surface area contributed by atoms with Crippen LogP contribution < -0.4 is 5.32 Å². The van der Waals surface area contributed by atoms with Gasteiger partial charge in [0.15, 0.2) is 17.3 Å². The summed E-state index contributed by atoms with van der Waals surface area (Å²) in [5, 5.41) is 7.16. The molecule has 19 heavy (non-hydrogen) atoms. The summed E-state index contributed by atoms with van der Waals surface area (Å²) in [7, 11) is 0. The van der Waals surface area contributed by atoms with Crippen molar-refractivity contribution in [2.75, 3.05) is 5.32 Å². The number of hydrogen-bond acceptors (Lipinski definition) is 3. The minimum atomic E-state index is -0.859. The van der Waals surface area contributed by atoms with Gasteiger partial charge in [-0.05, 0) is 29.8 Å². The van der Waals surface area contributed by atoms with Crippen molar-refractivity contribution < 1.29 is 8.78 Å². The smallest absolute Gasteiger partial charge is 0.243 e. The van der Waals surface area contributed by atoms with Crippen LogP contribution in [0.3, 0.4) is 0 Å². The topological polar surface area (TPSA) is 42.2 Å². The van der Waals surface area contributed by atoms with E-state index in [-0.39, 0.29) is 0 Å². The number of nitrogens with one attached hydrogen (secondary N) is 1. The fourth-order valence-corrected chi connectivity index (χ4v) is 1.74. The standard InChI is InChI=1S/C13H10F2N4/c14-10-5-4-9(7-11(10)15)8-16-13-17-12-3-1-2-6-19(12)18-13/h1-7H,8H2,(H,16,18). The van der Waals surface area contributed by atoms with Gasteiger partial charge < -0.3 is 5.32 Å². The number of anilines is 1. The summed E-state index contributed by atoms with van der Waals surface area (Å²) in [6.07, 6.45) is 1.78. The van der Waals surface area contributed by atoms with Gasteiger partial charge in [-0.25, -0.2) is 13.3 Å². The fourth-order valence-electron chi connectivity index (χ4n) is 1.74. The maximum absolute atomic E-state index is 13.0. The van der Waals surface area contributed by atoms with E-state index >= 15 is 0 Å². The Morgan fingerprint density at radius 3 is 2.79 bits per heavy atom. The third kappa shape index (κ3) is 2.37. The molecule has 0 amide bonds. The number of aromatic nitrogens is 3. The Labute approximate surface area is 107 Å². The van der Waals surface area contributed by atoms with Gasteiger partial charge in [-0.2, -0.15) is 4.98 Å². The predicted molar refractivity (Wildman–Crippen MR) is 66.7 cm³/mol. The molecule has 96 valence electrons. The number of benzene rings is 1. The Morgan fingerprint density at radius 1 is 1.11 bits per heavy atom. The first-order valence-corrected chi connectivity index (χ1v) is 5.71. The third-order valence-corrected chi connectivity index (χ3v) is 2.68. The highest BCUT2D eigenvalue weighted by Gasteiger charge is 2.05. The van der Waals surface area contributed by atoms with E-state index in [2.05, 4.69) is 15.4 Å². The lowest BCUT2D eigenvalue weighted by Gasteiger charge is -2.02. The zero-order chi connectivity index (χ0) is 13.2. The second-order valence-electron chi connectivity index (χ2n) is 4.04. The molecule has 1 aromatic carbocycles. The molecule has 0 atom stereocenters. The summed E-state index contributed by atoms with van der Waals surface area (Å²) >= 11 is 0. The van der Waals surface area contributed by atoms with Gasteiger partial charge in [-0.3, -0.25) is 0 Å². The molecule has 0 aliphatic rings. The lowest BCUT2D eigenvalue weighted by atomic mass is 10.2. The second kappa shape index (κ2) is 4.64. The predicted octanol–water partition coefficient (Wildman–Crippen LogP) is 2.62. The first-order chi connectivity index (χ1) is 9.22. The van der Waals surface area contributed by atoms with Crippen LogP contribution in [0.25, 0.3) is 5.65 Å². The summed E-state index contributed by atoms with van der Waals surface area (Å²) < 4.78 is 27.4. The average molecular weight is 260 g/mol. The van der Waals surface area contributed by atoms with Gasteiger partial charge in [0.2, 0.25) is 5.95 Å². The van der Waals surface area contributed by atoms with E-state index in [0.717, 1.165) is 17.8 Å². The van der Waals surface area contributed by atoms with Gasteiger partial charge in [-0.15, -0.1) is 5.10 Å². The van der Waals surface area contributed by atoms with Crippen molar-refractivity contribution in [2.24, 2.45) is 0 Å². The molecular weight excluding hydrogens is 250 g/mol. The van der Waals surface area contributed by atoms with Crippen LogP contribution in [0, 0.1) is 11.6 Å². The fraction of sp³-hybridized carbons (Fsp3) is 0.0769. The summed E-state index contributed by atoms with van der Waals surface area (Å²) in [4.78, 5) is 4.24. The monoisotopic (exact) mass is 260 g/mol. The number of nitrogens with zero attached hydrogens (tertiary/aromatic N) is 3. The highest BCUT2D eigenvalue weighted by molar-refractivity contribution is 5.43. The molecule has 0 unspecified atom stereocenters. The summed E-state index contributed by atoms with van der Waals surface area (Å²) in [5.74, 6) is -1.27. The largest absolute Gasteiger partial charge is 0.349 e. The molecule has 6 heteroatoms. The Kier molecular flexibility index (Phi) is 2.83. The van der Waals surface area contributed by atoms with Crippen molar-refractivity contribution in [3.63, 3.8) is 0 Å². The van der Waals surface area contributed by atoms with E-state index in [1.165, 1.54) is 6.07 Å². The molecule has 4 nitrogen and oxygen atoms in total. The molecule has 0 saturated heterocycles. The minimum Gasteiger partial charge on any atom is -0.349 e. The highest BCUT2D eigenvalue weighted by Crippen LogP contribution is 2.11. The summed E-state index contributed by atoms with van der Waals surface area (Å²) in [6, 6.07) is 9.31. The number of rotatable bonds is 3. The van der Waals surface area contributed by atoms with E-state index in [4.69, 9.17) is 0 Å². The van der Waals surface area contributed by atoms with E-state index in [1.54, 1.807) is 10.7 Å². The van der Waals surface area contributed by atoms with Gasteiger partial charge in [0.05, 0.1) is 0 Å². The molecule has 2 heterocycles. The maximum Gasteiger partial charge on any atom is 0.243 e. The Morgan fingerprint density at radius 2 is 2.00 bits per heavy atom. The highest BCUT2D eigenvalue weighted by atomic mass is 19.2. The second-order valence-corrected chi connectivity index (χ2v) is 4.04. The van der Waals surface area contributed by atoms with Crippen molar-refractivity contribution in [1.29, 1.82) is 0 Å². The first-order valence-electron chi connectivity index (χ1n) is 5.71. The Hall–Kier alpha value is -2.50. The van der Waals surface area contributed by atoms with Gasteiger partial charge in [-0.1, -0.05) is 12.1 Å². The van der Waals surface area contributed by atoms with Crippen molar-refractivity contribution in [3.8, 4) is 0 Å². The van der Waals surface area contributed by atoms with Gasteiger partial charge in [0, 0.05) is 12.7 Å². The normalized spacial score (nSPS) is 10.8.